The number of benzene rings is 2. The lowest BCUT2D eigenvalue weighted by Crippen LogP contribution is -2.27. The molecule has 2 aromatic carbocycles. The minimum Gasteiger partial charge on any atom is -0.361 e. The van der Waals surface area contributed by atoms with Crippen molar-refractivity contribution in [1.82, 2.24) is 10.3 Å². The molecule has 106 valence electrons. The van der Waals surface area contributed by atoms with Gasteiger partial charge in [0.2, 0.25) is 5.91 Å². The van der Waals surface area contributed by atoms with Crippen LogP contribution < -0.4 is 5.32 Å². The first-order chi connectivity index (χ1) is 10.3. The number of aromatic nitrogens is 1. The van der Waals surface area contributed by atoms with Crippen molar-refractivity contribution < 1.29 is 4.79 Å². The van der Waals surface area contributed by atoms with Gasteiger partial charge in [0.1, 0.15) is 0 Å². The average molecular weight is 278 g/mol. The summed E-state index contributed by atoms with van der Waals surface area (Å²) >= 11 is 0. The fourth-order valence-electron chi connectivity index (χ4n) is 2.53. The Morgan fingerprint density at radius 2 is 1.81 bits per heavy atom. The maximum atomic E-state index is 12.3. The Labute approximate surface area is 124 Å². The van der Waals surface area contributed by atoms with Gasteiger partial charge in [0.15, 0.2) is 0 Å². The Morgan fingerprint density at radius 3 is 2.62 bits per heavy atom. The number of amides is 1. The lowest BCUT2D eigenvalue weighted by Gasteiger charge is -2.11. The normalized spacial score (nSPS) is 12.2. The van der Waals surface area contributed by atoms with E-state index in [1.165, 1.54) is 0 Å². The standard InChI is InChI=1S/C18H18N2O/c1-13(16-12-19-17-10-6-5-9-15(16)17)18(21)20-11-14-7-3-2-4-8-14/h2-10,12-13,19H,11H2,1H3,(H,20,21). The van der Waals surface area contributed by atoms with Crippen LogP contribution in [0.15, 0.2) is 60.8 Å². The van der Waals surface area contributed by atoms with Gasteiger partial charge in [-0.2, -0.15) is 0 Å². The topological polar surface area (TPSA) is 44.9 Å². The number of para-hydroxylation sites is 1. The first-order valence-electron chi connectivity index (χ1n) is 7.13. The Hall–Kier alpha value is -2.55. The quantitative estimate of drug-likeness (QED) is 0.752. The molecule has 2 N–H and O–H groups in total. The summed E-state index contributed by atoms with van der Waals surface area (Å²) in [6.07, 6.45) is 1.93. The highest BCUT2D eigenvalue weighted by molar-refractivity contribution is 5.91. The number of hydrogen-bond acceptors (Lipinski definition) is 1. The molecule has 21 heavy (non-hydrogen) atoms. The van der Waals surface area contributed by atoms with Crippen LogP contribution in [0.3, 0.4) is 0 Å². The fourth-order valence-corrected chi connectivity index (χ4v) is 2.53. The number of nitrogens with one attached hydrogen (secondary N) is 2. The molecule has 0 bridgehead atoms. The van der Waals surface area contributed by atoms with E-state index in [1.54, 1.807) is 0 Å². The van der Waals surface area contributed by atoms with E-state index in [4.69, 9.17) is 0 Å². The molecule has 3 heteroatoms. The van der Waals surface area contributed by atoms with Crippen LogP contribution in [0.25, 0.3) is 10.9 Å². The molecule has 0 aliphatic rings. The second-order valence-electron chi connectivity index (χ2n) is 5.21. The third-order valence-electron chi connectivity index (χ3n) is 3.79. The summed E-state index contributed by atoms with van der Waals surface area (Å²) in [7, 11) is 0. The first-order valence-corrected chi connectivity index (χ1v) is 7.13. The highest BCUT2D eigenvalue weighted by Gasteiger charge is 2.18. The van der Waals surface area contributed by atoms with Gasteiger partial charge in [0.25, 0.3) is 0 Å². The van der Waals surface area contributed by atoms with Gasteiger partial charge in [-0.25, -0.2) is 0 Å². The lowest BCUT2D eigenvalue weighted by molar-refractivity contribution is -0.122. The van der Waals surface area contributed by atoms with Crippen molar-refractivity contribution in [3.8, 4) is 0 Å². The minimum absolute atomic E-state index is 0.0450. The van der Waals surface area contributed by atoms with E-state index >= 15 is 0 Å². The predicted octanol–water partition coefficient (Wildman–Crippen LogP) is 3.59. The van der Waals surface area contributed by atoms with Crippen LogP contribution in [0.1, 0.15) is 24.0 Å². The molecule has 0 spiro atoms. The zero-order chi connectivity index (χ0) is 14.7. The van der Waals surface area contributed by atoms with Gasteiger partial charge in [0, 0.05) is 23.6 Å². The molecule has 0 saturated heterocycles. The van der Waals surface area contributed by atoms with Crippen LogP contribution in [0.4, 0.5) is 0 Å². The summed E-state index contributed by atoms with van der Waals surface area (Å²) in [5.41, 5.74) is 3.21. The molecular weight excluding hydrogens is 260 g/mol. The minimum atomic E-state index is -0.176. The molecule has 0 fully saturated rings. The van der Waals surface area contributed by atoms with Gasteiger partial charge < -0.3 is 10.3 Å². The molecule has 0 aliphatic heterocycles. The Kier molecular flexibility index (Phi) is 3.73. The van der Waals surface area contributed by atoms with E-state index in [1.807, 2.05) is 67.7 Å². The molecule has 1 unspecified atom stereocenters. The SMILES string of the molecule is CC(C(=O)NCc1ccccc1)c1c[nH]c2ccccc12. The van der Waals surface area contributed by atoms with Crippen LogP contribution in [0.5, 0.6) is 0 Å². The third kappa shape index (κ3) is 2.82. The van der Waals surface area contributed by atoms with E-state index in [2.05, 4.69) is 10.3 Å². The Morgan fingerprint density at radius 1 is 1.10 bits per heavy atom. The molecule has 0 radical (unpaired) electrons. The fraction of sp³-hybridized carbons (Fsp3) is 0.167. The number of rotatable bonds is 4. The molecular formula is C18H18N2O. The first kappa shape index (κ1) is 13.4. The van der Waals surface area contributed by atoms with Crippen molar-refractivity contribution in [2.24, 2.45) is 0 Å². The predicted molar refractivity (Wildman–Crippen MR) is 85.0 cm³/mol. The van der Waals surface area contributed by atoms with Crippen molar-refractivity contribution in [1.29, 1.82) is 0 Å². The second-order valence-corrected chi connectivity index (χ2v) is 5.21. The number of carbonyl (C=O) groups excluding carboxylic acids is 1. The maximum Gasteiger partial charge on any atom is 0.227 e. The lowest BCUT2D eigenvalue weighted by atomic mass is 9.99. The average Bonchev–Trinajstić information content (AvgIpc) is 2.97. The van der Waals surface area contributed by atoms with Crippen LogP contribution in [0.2, 0.25) is 0 Å². The van der Waals surface area contributed by atoms with Crippen LogP contribution in [-0.4, -0.2) is 10.9 Å². The smallest absolute Gasteiger partial charge is 0.227 e. The summed E-state index contributed by atoms with van der Waals surface area (Å²) in [5.74, 6) is -0.131. The largest absolute Gasteiger partial charge is 0.361 e. The summed E-state index contributed by atoms with van der Waals surface area (Å²) in [4.78, 5) is 15.6. The van der Waals surface area contributed by atoms with Gasteiger partial charge in [-0.1, -0.05) is 48.5 Å². The Bertz CT molecular complexity index is 746. The molecule has 1 atom stereocenters. The molecule has 3 rings (SSSR count). The van der Waals surface area contributed by atoms with E-state index in [-0.39, 0.29) is 11.8 Å². The van der Waals surface area contributed by atoms with Crippen molar-refractivity contribution in [3.63, 3.8) is 0 Å². The molecule has 3 nitrogen and oxygen atoms in total. The molecule has 1 heterocycles. The maximum absolute atomic E-state index is 12.3. The van der Waals surface area contributed by atoms with Crippen molar-refractivity contribution >= 4 is 16.8 Å². The van der Waals surface area contributed by atoms with E-state index in [0.29, 0.717) is 6.54 Å². The summed E-state index contributed by atoms with van der Waals surface area (Å²) in [6.45, 7) is 2.50. The second kappa shape index (κ2) is 5.83. The van der Waals surface area contributed by atoms with Gasteiger partial charge in [-0.15, -0.1) is 0 Å². The van der Waals surface area contributed by atoms with E-state index in [9.17, 15) is 4.79 Å². The molecule has 3 aromatic rings. The van der Waals surface area contributed by atoms with Gasteiger partial charge in [-0.3, -0.25) is 4.79 Å². The monoisotopic (exact) mass is 278 g/mol. The summed E-state index contributed by atoms with van der Waals surface area (Å²) in [5, 5.41) is 4.11. The third-order valence-corrected chi connectivity index (χ3v) is 3.79. The number of fused-ring (bicyclic) bond motifs is 1. The van der Waals surface area contributed by atoms with Crippen molar-refractivity contribution in [2.45, 2.75) is 19.4 Å². The van der Waals surface area contributed by atoms with E-state index < -0.39 is 0 Å². The Balaban J connectivity index is 1.72. The van der Waals surface area contributed by atoms with Crippen molar-refractivity contribution in [2.75, 3.05) is 0 Å². The van der Waals surface area contributed by atoms with E-state index in [0.717, 1.165) is 22.0 Å². The molecule has 0 saturated carbocycles. The highest BCUT2D eigenvalue weighted by Crippen LogP contribution is 2.25. The van der Waals surface area contributed by atoms with Crippen molar-refractivity contribution in [3.05, 3.63) is 71.9 Å². The number of carbonyl (C=O) groups is 1. The van der Waals surface area contributed by atoms with Gasteiger partial charge in [0.05, 0.1) is 5.92 Å². The van der Waals surface area contributed by atoms with Gasteiger partial charge >= 0.3 is 0 Å². The summed E-state index contributed by atoms with van der Waals surface area (Å²) < 4.78 is 0. The van der Waals surface area contributed by atoms with Crippen LogP contribution >= 0.6 is 0 Å². The molecule has 1 amide bonds. The summed E-state index contributed by atoms with van der Waals surface area (Å²) in [6, 6.07) is 18.0. The molecule has 0 aliphatic carbocycles. The van der Waals surface area contributed by atoms with Crippen LogP contribution in [-0.2, 0) is 11.3 Å². The number of H-pyrrole nitrogens is 1. The van der Waals surface area contributed by atoms with Gasteiger partial charge in [-0.05, 0) is 24.1 Å². The zero-order valence-electron chi connectivity index (χ0n) is 12.0. The number of aromatic amines is 1. The highest BCUT2D eigenvalue weighted by atomic mass is 16.1. The number of hydrogen-bond donors (Lipinski definition) is 2. The zero-order valence-corrected chi connectivity index (χ0v) is 12.0. The molecule has 1 aromatic heterocycles. The van der Waals surface area contributed by atoms with Crippen LogP contribution in [0, 0.1) is 0 Å².